The molecule has 14 heteroatoms. The molecule has 2 fully saturated rings. The van der Waals surface area contributed by atoms with Gasteiger partial charge in [-0.2, -0.15) is 0 Å². The Labute approximate surface area is 273 Å². The molecule has 0 radical (unpaired) electrons. The second-order valence-electron chi connectivity index (χ2n) is 12.3. The average Bonchev–Trinajstić information content (AvgIpc) is 3.95. The second kappa shape index (κ2) is 11.8. The zero-order valence-corrected chi connectivity index (χ0v) is 26.6. The van der Waals surface area contributed by atoms with E-state index in [1.165, 1.54) is 18.2 Å². The Hall–Kier alpha value is -4.17. The van der Waals surface area contributed by atoms with Crippen LogP contribution in [-0.4, -0.2) is 63.8 Å². The zero-order valence-electron chi connectivity index (χ0n) is 25.8. The van der Waals surface area contributed by atoms with E-state index < -0.39 is 17.8 Å². The van der Waals surface area contributed by atoms with Crippen molar-refractivity contribution < 1.29 is 42.4 Å². The van der Waals surface area contributed by atoms with Gasteiger partial charge in [0.05, 0.1) is 41.7 Å². The maximum absolute atomic E-state index is 13.8. The number of aromatic nitrogens is 1. The number of carbonyl (C=O) groups is 2. The van der Waals surface area contributed by atoms with E-state index in [4.69, 9.17) is 25.2 Å². The fraction of sp³-hybridized carbons (Fsp3) is 0.455. The highest BCUT2D eigenvalue weighted by Gasteiger charge is 2.48. The number of pyridine rings is 1. The smallest absolute Gasteiger partial charge is 0.492 e. The number of hydrogen-bond donors (Lipinski definition) is 3. The van der Waals surface area contributed by atoms with Gasteiger partial charge >= 0.3 is 6.29 Å². The Kier molecular flexibility index (Phi) is 7.90. The van der Waals surface area contributed by atoms with E-state index in [-0.39, 0.29) is 77.4 Å². The van der Waals surface area contributed by atoms with Crippen LogP contribution in [0, 0.1) is 5.92 Å². The van der Waals surface area contributed by atoms with Crippen molar-refractivity contribution in [2.75, 3.05) is 13.2 Å². The van der Waals surface area contributed by atoms with Crippen molar-refractivity contribution in [2.45, 2.75) is 75.2 Å². The third-order valence-electron chi connectivity index (χ3n) is 8.55. The van der Waals surface area contributed by atoms with Crippen LogP contribution >= 0.6 is 11.8 Å². The van der Waals surface area contributed by atoms with E-state index in [1.807, 2.05) is 13.0 Å². The third kappa shape index (κ3) is 6.40. The number of hydrogen-bond acceptors (Lipinski definition) is 10. The Bertz CT molecular complexity index is 1740. The van der Waals surface area contributed by atoms with Crippen LogP contribution in [0.2, 0.25) is 0 Å². The lowest BCUT2D eigenvalue weighted by molar-refractivity contribution is -0.286. The average molecular weight is 669 g/mol. The van der Waals surface area contributed by atoms with Gasteiger partial charge in [0.25, 0.3) is 5.91 Å². The first-order valence-electron chi connectivity index (χ1n) is 15.6. The summed E-state index contributed by atoms with van der Waals surface area (Å²) >= 11 is 1.58. The lowest BCUT2D eigenvalue weighted by Gasteiger charge is -2.30. The molecule has 1 aromatic heterocycles. The number of thioether (sulfide) groups is 1. The molecule has 2 saturated carbocycles. The maximum Gasteiger partial charge on any atom is 0.586 e. The number of nitrogens with one attached hydrogen (secondary N) is 1. The number of benzene rings is 1. The van der Waals surface area contributed by atoms with Crippen LogP contribution in [0.1, 0.15) is 50.8 Å². The van der Waals surface area contributed by atoms with Crippen LogP contribution in [0.25, 0.3) is 11.3 Å². The van der Waals surface area contributed by atoms with E-state index in [0.29, 0.717) is 35.3 Å². The number of fused-ring (bicyclic) bond motifs is 2. The Morgan fingerprint density at radius 3 is 2.66 bits per heavy atom. The number of primary amides is 1. The van der Waals surface area contributed by atoms with Crippen molar-refractivity contribution in [1.82, 2.24) is 10.3 Å². The van der Waals surface area contributed by atoms with Gasteiger partial charge in [0.1, 0.15) is 28.8 Å². The molecule has 4 N–H and O–H groups in total. The first-order chi connectivity index (χ1) is 22.4. The van der Waals surface area contributed by atoms with E-state index in [1.54, 1.807) is 30.8 Å². The summed E-state index contributed by atoms with van der Waals surface area (Å²) in [5, 5.41) is 16.0. The molecule has 1 aromatic carbocycles. The van der Waals surface area contributed by atoms with Crippen molar-refractivity contribution in [3.8, 4) is 28.5 Å². The first-order valence-corrected chi connectivity index (χ1v) is 16.5. The number of rotatable bonds is 12. The number of halogens is 2. The van der Waals surface area contributed by atoms with Gasteiger partial charge in [-0.25, -0.2) is 4.98 Å². The van der Waals surface area contributed by atoms with E-state index >= 15 is 0 Å². The molecule has 0 spiro atoms. The fourth-order valence-electron chi connectivity index (χ4n) is 6.05. The Balaban J connectivity index is 1.22. The predicted molar refractivity (Wildman–Crippen MR) is 168 cm³/mol. The summed E-state index contributed by atoms with van der Waals surface area (Å²) in [6.45, 7) is 3.70. The summed E-state index contributed by atoms with van der Waals surface area (Å²) < 4.78 is 48.9. The SMILES string of the molecule is CCOc1c(CC(N)=O)cc([C@@](O)(CNC(=O)C2=CC3SC(C)=NC3C(OC3CC3)=C2)C2CC2)nc1-c1ccc2c(c1)OC(F)(F)O2. The number of ether oxygens (including phenoxy) is 4. The molecular weight excluding hydrogens is 634 g/mol. The molecule has 3 atom stereocenters. The highest BCUT2D eigenvalue weighted by atomic mass is 32.2. The van der Waals surface area contributed by atoms with Crippen LogP contribution in [-0.2, 0) is 26.3 Å². The molecule has 3 aliphatic carbocycles. The van der Waals surface area contributed by atoms with Gasteiger partial charge in [0.15, 0.2) is 11.5 Å². The normalized spacial score (nSPS) is 23.6. The number of aliphatic imine (C=N–C) groups is 1. The number of carbonyl (C=O) groups excluding carboxylic acids is 2. The Morgan fingerprint density at radius 2 is 1.96 bits per heavy atom. The number of nitrogens with two attached hydrogens (primary N) is 1. The van der Waals surface area contributed by atoms with Crippen LogP contribution < -0.4 is 25.3 Å². The molecule has 2 aliphatic heterocycles. The van der Waals surface area contributed by atoms with Gasteiger partial charge in [-0.1, -0.05) is 6.08 Å². The van der Waals surface area contributed by atoms with Crippen molar-refractivity contribution in [2.24, 2.45) is 16.6 Å². The van der Waals surface area contributed by atoms with Crippen molar-refractivity contribution in [3.63, 3.8) is 0 Å². The van der Waals surface area contributed by atoms with Crippen LogP contribution in [0.5, 0.6) is 17.2 Å². The minimum absolute atomic E-state index is 0.0647. The molecule has 5 aliphatic rings. The highest BCUT2D eigenvalue weighted by molar-refractivity contribution is 8.14. The topological polar surface area (TPSA) is 155 Å². The summed E-state index contributed by atoms with van der Waals surface area (Å²) in [5.41, 5.74) is 5.43. The second-order valence-corrected chi connectivity index (χ2v) is 13.7. The zero-order chi connectivity index (χ0) is 33.1. The van der Waals surface area contributed by atoms with E-state index in [9.17, 15) is 23.5 Å². The lowest BCUT2D eigenvalue weighted by atomic mass is 9.90. The molecule has 7 rings (SSSR count). The molecule has 2 aromatic rings. The standard InChI is InChI=1S/C33H34F2N4O7S/c1-3-43-30-18(14-27(36)40)13-26(39-28(30)17-4-9-22-23(10-17)46-33(34,35)45-22)32(42,20-5-6-20)15-37-31(41)19-11-24(44-21-7-8-21)29-25(12-19)47-16(2)38-29/h4,9-13,20-21,25,29,42H,3,5-8,14-15H2,1-2H3,(H2,36,40)(H,37,41)/t25?,29?,32-/m1/s1. The largest absolute Gasteiger partial charge is 0.586 e. The quantitative estimate of drug-likeness (QED) is 0.303. The molecule has 11 nitrogen and oxygen atoms in total. The fourth-order valence-corrected chi connectivity index (χ4v) is 7.15. The molecule has 2 unspecified atom stereocenters. The number of aliphatic hydroxyl groups is 1. The molecule has 2 amide bonds. The summed E-state index contributed by atoms with van der Waals surface area (Å²) in [7, 11) is 0. The van der Waals surface area contributed by atoms with Gasteiger partial charge in [-0.15, -0.1) is 20.5 Å². The number of amides is 2. The van der Waals surface area contributed by atoms with Crippen LogP contribution in [0.4, 0.5) is 8.78 Å². The van der Waals surface area contributed by atoms with Gasteiger partial charge in [0.2, 0.25) is 5.91 Å². The van der Waals surface area contributed by atoms with E-state index in [0.717, 1.165) is 17.9 Å². The van der Waals surface area contributed by atoms with Gasteiger partial charge in [-0.3, -0.25) is 14.6 Å². The van der Waals surface area contributed by atoms with Crippen molar-refractivity contribution in [3.05, 3.63) is 59.0 Å². The van der Waals surface area contributed by atoms with Crippen LogP contribution in [0.3, 0.4) is 0 Å². The predicted octanol–water partition coefficient (Wildman–Crippen LogP) is 4.12. The van der Waals surface area contributed by atoms with Gasteiger partial charge in [0, 0.05) is 16.7 Å². The van der Waals surface area contributed by atoms with Gasteiger partial charge < -0.3 is 35.1 Å². The first kappa shape index (κ1) is 31.4. The molecule has 248 valence electrons. The molecular formula is C33H34F2N4O7S. The minimum Gasteiger partial charge on any atom is -0.492 e. The third-order valence-corrected chi connectivity index (χ3v) is 9.67. The van der Waals surface area contributed by atoms with E-state index in [2.05, 4.69) is 14.8 Å². The minimum atomic E-state index is -3.82. The number of alkyl halides is 2. The number of nitrogens with zero attached hydrogens (tertiary/aromatic N) is 2. The summed E-state index contributed by atoms with van der Waals surface area (Å²) in [4.78, 5) is 35.3. The molecule has 0 bridgehead atoms. The van der Waals surface area contributed by atoms with Gasteiger partial charge in [-0.05, 0) is 75.8 Å². The lowest BCUT2D eigenvalue weighted by Crippen LogP contribution is -2.44. The van der Waals surface area contributed by atoms with Crippen LogP contribution in [0.15, 0.2) is 52.7 Å². The monoisotopic (exact) mass is 668 g/mol. The summed E-state index contributed by atoms with van der Waals surface area (Å²) in [5.74, 6) is -0.746. The summed E-state index contributed by atoms with van der Waals surface area (Å²) in [6, 6.07) is 5.56. The van der Waals surface area contributed by atoms with Crippen molar-refractivity contribution in [1.29, 1.82) is 0 Å². The highest BCUT2D eigenvalue weighted by Crippen LogP contribution is 2.48. The molecule has 0 saturated heterocycles. The summed E-state index contributed by atoms with van der Waals surface area (Å²) in [6.07, 6.45) is 2.99. The maximum atomic E-state index is 13.8. The molecule has 3 heterocycles. The molecule has 47 heavy (non-hydrogen) atoms. The Morgan fingerprint density at radius 1 is 1.19 bits per heavy atom. The van der Waals surface area contributed by atoms with Crippen molar-refractivity contribution >= 4 is 28.6 Å².